The van der Waals surface area contributed by atoms with Crippen LogP contribution in [0.25, 0.3) is 6.08 Å². The first kappa shape index (κ1) is 12.6. The molecule has 0 saturated heterocycles. The predicted octanol–water partition coefficient (Wildman–Crippen LogP) is 0.798. The van der Waals surface area contributed by atoms with Gasteiger partial charge in [-0.05, 0) is 24.6 Å². The highest BCUT2D eigenvalue weighted by molar-refractivity contribution is 7.89. The summed E-state index contributed by atoms with van der Waals surface area (Å²) in [6.07, 6.45) is 1.60. The van der Waals surface area contributed by atoms with Crippen molar-refractivity contribution in [3.05, 3.63) is 35.5 Å². The third-order valence-corrected chi connectivity index (χ3v) is 4.76. The minimum atomic E-state index is -3.63. The van der Waals surface area contributed by atoms with Crippen LogP contribution in [-0.2, 0) is 14.8 Å². The lowest BCUT2D eigenvalue weighted by molar-refractivity contribution is -0.117. The molecule has 96 valence electrons. The zero-order valence-corrected chi connectivity index (χ0v) is 11.0. The first-order chi connectivity index (χ1) is 8.52. The van der Waals surface area contributed by atoms with Gasteiger partial charge in [0.25, 0.3) is 15.9 Å². The van der Waals surface area contributed by atoms with Crippen molar-refractivity contribution in [3.8, 4) is 0 Å². The van der Waals surface area contributed by atoms with Crippen LogP contribution in [0.15, 0.2) is 34.9 Å². The van der Waals surface area contributed by atoms with E-state index in [1.807, 2.05) is 0 Å². The molecule has 6 heteroatoms. The van der Waals surface area contributed by atoms with Gasteiger partial charge in [0.1, 0.15) is 5.70 Å². The number of nitrogens with zero attached hydrogens (tertiary/aromatic N) is 1. The molecule has 1 aliphatic rings. The van der Waals surface area contributed by atoms with E-state index in [1.54, 1.807) is 37.3 Å². The molecular weight excluding hydrogens is 252 g/mol. The highest BCUT2D eigenvalue weighted by Gasteiger charge is 2.33. The van der Waals surface area contributed by atoms with Crippen LogP contribution >= 0.6 is 0 Å². The second-order valence-corrected chi connectivity index (χ2v) is 5.65. The number of nitrogens with one attached hydrogen (secondary N) is 1. The van der Waals surface area contributed by atoms with E-state index in [-0.39, 0.29) is 17.1 Å². The Hall–Kier alpha value is -1.82. The summed E-state index contributed by atoms with van der Waals surface area (Å²) in [5.41, 5.74) is 0.694. The highest BCUT2D eigenvalue weighted by Crippen LogP contribution is 2.30. The fourth-order valence-electron chi connectivity index (χ4n) is 1.95. The summed E-state index contributed by atoms with van der Waals surface area (Å²) in [6.45, 7) is 1.91. The highest BCUT2D eigenvalue weighted by atomic mass is 32.2. The van der Waals surface area contributed by atoms with E-state index in [4.69, 9.17) is 0 Å². The number of hydrogen-bond donors (Lipinski definition) is 1. The molecule has 1 amide bonds. The molecule has 1 aromatic carbocycles. The summed E-state index contributed by atoms with van der Waals surface area (Å²) in [5.74, 6) is -0.407. The van der Waals surface area contributed by atoms with Crippen molar-refractivity contribution >= 4 is 22.0 Å². The monoisotopic (exact) mass is 266 g/mol. The summed E-state index contributed by atoms with van der Waals surface area (Å²) in [5, 5.41) is 2.45. The van der Waals surface area contributed by atoms with E-state index in [1.165, 1.54) is 7.05 Å². The summed E-state index contributed by atoms with van der Waals surface area (Å²) < 4.78 is 25.9. The Labute approximate surface area is 106 Å². The Balaban J connectivity index is 2.70. The molecule has 0 atom stereocenters. The largest absolute Gasteiger partial charge is 0.354 e. The number of amides is 1. The van der Waals surface area contributed by atoms with Crippen LogP contribution in [0, 0.1) is 0 Å². The van der Waals surface area contributed by atoms with E-state index in [0.717, 1.165) is 4.31 Å². The summed E-state index contributed by atoms with van der Waals surface area (Å²) in [7, 11) is -2.16. The Bertz CT molecular complexity index is 620. The molecule has 5 nitrogen and oxygen atoms in total. The molecule has 1 N–H and O–H groups in total. The SMILES string of the molecule is CCN1C(C(=O)NC)=Cc2ccccc2S1(=O)=O. The average Bonchev–Trinajstić information content (AvgIpc) is 2.37. The maximum absolute atomic E-state index is 12.4. The molecule has 0 fully saturated rings. The van der Waals surface area contributed by atoms with Gasteiger partial charge in [0.2, 0.25) is 0 Å². The van der Waals surface area contributed by atoms with Gasteiger partial charge in [-0.15, -0.1) is 0 Å². The number of carbonyl (C=O) groups is 1. The fourth-order valence-corrected chi connectivity index (χ4v) is 3.60. The van der Waals surface area contributed by atoms with E-state index < -0.39 is 15.9 Å². The van der Waals surface area contributed by atoms with Gasteiger partial charge in [0.05, 0.1) is 4.90 Å². The van der Waals surface area contributed by atoms with Crippen molar-refractivity contribution in [2.45, 2.75) is 11.8 Å². The van der Waals surface area contributed by atoms with Crippen molar-refractivity contribution in [1.29, 1.82) is 0 Å². The lowest BCUT2D eigenvalue weighted by atomic mass is 10.2. The second-order valence-electron chi connectivity index (χ2n) is 3.82. The topological polar surface area (TPSA) is 66.5 Å². The van der Waals surface area contributed by atoms with Gasteiger partial charge >= 0.3 is 0 Å². The normalized spacial score (nSPS) is 16.8. The van der Waals surface area contributed by atoms with Crippen molar-refractivity contribution in [2.24, 2.45) is 0 Å². The molecule has 1 aliphatic heterocycles. The maximum atomic E-state index is 12.4. The van der Waals surface area contributed by atoms with Crippen molar-refractivity contribution in [3.63, 3.8) is 0 Å². The molecule has 1 heterocycles. The Morgan fingerprint density at radius 2 is 2.00 bits per heavy atom. The molecule has 0 aromatic heterocycles. The minimum Gasteiger partial charge on any atom is -0.354 e. The quantitative estimate of drug-likeness (QED) is 0.861. The van der Waals surface area contributed by atoms with Crippen LogP contribution in [0.2, 0.25) is 0 Å². The second kappa shape index (κ2) is 4.45. The van der Waals surface area contributed by atoms with Gasteiger partial charge in [-0.3, -0.25) is 9.10 Å². The van der Waals surface area contributed by atoms with Gasteiger partial charge in [-0.2, -0.15) is 0 Å². The van der Waals surface area contributed by atoms with Gasteiger partial charge in [0, 0.05) is 13.6 Å². The van der Waals surface area contributed by atoms with Gasteiger partial charge in [-0.1, -0.05) is 18.2 Å². The molecule has 0 aliphatic carbocycles. The van der Waals surface area contributed by atoms with E-state index >= 15 is 0 Å². The summed E-state index contributed by atoms with van der Waals surface area (Å²) >= 11 is 0. The fraction of sp³-hybridized carbons (Fsp3) is 0.250. The van der Waals surface area contributed by atoms with Crippen LogP contribution in [0.1, 0.15) is 12.5 Å². The van der Waals surface area contributed by atoms with Gasteiger partial charge in [-0.25, -0.2) is 8.42 Å². The number of fused-ring (bicyclic) bond motifs is 1. The van der Waals surface area contributed by atoms with Crippen molar-refractivity contribution in [2.75, 3.05) is 13.6 Å². The predicted molar refractivity (Wildman–Crippen MR) is 68.1 cm³/mol. The molecule has 2 rings (SSSR count). The van der Waals surface area contributed by atoms with Crippen LogP contribution in [-0.4, -0.2) is 32.2 Å². The van der Waals surface area contributed by atoms with Gasteiger partial charge in [0.15, 0.2) is 0 Å². The first-order valence-electron chi connectivity index (χ1n) is 5.58. The Morgan fingerprint density at radius 3 is 2.61 bits per heavy atom. The number of carbonyl (C=O) groups excluding carboxylic acids is 1. The third kappa shape index (κ3) is 1.78. The number of likely N-dealkylation sites (N-methyl/N-ethyl adjacent to an activating group) is 2. The summed E-state index contributed by atoms with van der Waals surface area (Å²) in [6, 6.07) is 6.64. The van der Waals surface area contributed by atoms with E-state index in [2.05, 4.69) is 5.32 Å². The lowest BCUT2D eigenvalue weighted by Gasteiger charge is -2.28. The average molecular weight is 266 g/mol. The third-order valence-electron chi connectivity index (χ3n) is 2.79. The van der Waals surface area contributed by atoms with E-state index in [0.29, 0.717) is 5.56 Å². The molecular formula is C12H14N2O3S. The smallest absolute Gasteiger partial charge is 0.268 e. The minimum absolute atomic E-state index is 0.152. The van der Waals surface area contributed by atoms with Crippen molar-refractivity contribution in [1.82, 2.24) is 9.62 Å². The number of benzene rings is 1. The maximum Gasteiger partial charge on any atom is 0.268 e. The van der Waals surface area contributed by atoms with Crippen LogP contribution in [0.4, 0.5) is 0 Å². The lowest BCUT2D eigenvalue weighted by Crippen LogP contribution is -2.39. The number of rotatable bonds is 2. The molecule has 0 saturated carbocycles. The summed E-state index contributed by atoms with van der Waals surface area (Å²) in [4.78, 5) is 12.0. The zero-order valence-electron chi connectivity index (χ0n) is 10.2. The molecule has 0 radical (unpaired) electrons. The molecule has 0 spiro atoms. The van der Waals surface area contributed by atoms with Crippen LogP contribution in [0.3, 0.4) is 0 Å². The number of hydrogen-bond acceptors (Lipinski definition) is 3. The standard InChI is InChI=1S/C12H14N2O3S/c1-3-14-10(12(15)13-2)8-9-6-4-5-7-11(9)18(14,16)17/h4-8H,3H2,1-2H3,(H,13,15). The van der Waals surface area contributed by atoms with Gasteiger partial charge < -0.3 is 5.32 Å². The van der Waals surface area contributed by atoms with E-state index in [9.17, 15) is 13.2 Å². The molecule has 0 bridgehead atoms. The van der Waals surface area contributed by atoms with Crippen molar-refractivity contribution < 1.29 is 13.2 Å². The van der Waals surface area contributed by atoms with Crippen LogP contribution in [0.5, 0.6) is 0 Å². The zero-order chi connectivity index (χ0) is 13.3. The number of sulfonamides is 1. The Morgan fingerprint density at radius 1 is 1.33 bits per heavy atom. The molecule has 1 aromatic rings. The first-order valence-corrected chi connectivity index (χ1v) is 7.02. The molecule has 0 unspecified atom stereocenters. The van der Waals surface area contributed by atoms with Crippen LogP contribution < -0.4 is 5.32 Å². The Kier molecular flexibility index (Phi) is 3.13. The molecule has 18 heavy (non-hydrogen) atoms.